The third-order valence-corrected chi connectivity index (χ3v) is 3.87. The zero-order valence-electron chi connectivity index (χ0n) is 11.3. The lowest BCUT2D eigenvalue weighted by molar-refractivity contribution is -0.136. The summed E-state index contributed by atoms with van der Waals surface area (Å²) < 4.78 is 7.85. The number of methoxy groups -OCH3 is 1. The first-order chi connectivity index (χ1) is 9.54. The van der Waals surface area contributed by atoms with Crippen molar-refractivity contribution >= 4 is 21.9 Å². The number of aliphatic carboxylic acids is 1. The van der Waals surface area contributed by atoms with Crippen LogP contribution in [-0.2, 0) is 18.3 Å². The van der Waals surface area contributed by atoms with Crippen molar-refractivity contribution in [1.82, 2.24) is 9.78 Å². The van der Waals surface area contributed by atoms with Crippen molar-refractivity contribution in [2.45, 2.75) is 12.8 Å². The van der Waals surface area contributed by atoms with Gasteiger partial charge in [0.15, 0.2) is 0 Å². The van der Waals surface area contributed by atoms with Crippen molar-refractivity contribution in [2.75, 3.05) is 7.11 Å². The van der Waals surface area contributed by atoms with Crippen LogP contribution < -0.4 is 4.74 Å². The van der Waals surface area contributed by atoms with Crippen LogP contribution in [0.25, 0.3) is 11.3 Å². The van der Waals surface area contributed by atoms with Gasteiger partial charge in [0, 0.05) is 19.0 Å². The van der Waals surface area contributed by atoms with Gasteiger partial charge in [-0.3, -0.25) is 9.48 Å². The fraction of sp³-hybridized carbons (Fsp3) is 0.286. The first kappa shape index (κ1) is 14.6. The molecule has 0 amide bonds. The maximum Gasteiger partial charge on any atom is 0.303 e. The number of carboxylic acids is 1. The molecular formula is C14H15BrN2O3. The van der Waals surface area contributed by atoms with Gasteiger partial charge in [0.05, 0.1) is 23.7 Å². The maximum absolute atomic E-state index is 10.7. The Morgan fingerprint density at radius 1 is 1.45 bits per heavy atom. The van der Waals surface area contributed by atoms with E-state index in [1.807, 2.05) is 24.3 Å². The van der Waals surface area contributed by atoms with E-state index < -0.39 is 5.97 Å². The standard InChI is InChI=1S/C14H15BrN2O3/c1-17-10(7-8-12(18)19)13(15)14(16-17)9-5-3-4-6-11(9)20-2/h3-6H,7-8H2,1-2H3,(H,18,19). The molecule has 1 aromatic carbocycles. The molecule has 0 aliphatic rings. The number of rotatable bonds is 5. The SMILES string of the molecule is COc1ccccc1-c1nn(C)c(CCC(=O)O)c1Br. The minimum atomic E-state index is -0.822. The van der Waals surface area contributed by atoms with E-state index >= 15 is 0 Å². The second-order valence-electron chi connectivity index (χ2n) is 4.33. The molecule has 20 heavy (non-hydrogen) atoms. The molecule has 106 valence electrons. The largest absolute Gasteiger partial charge is 0.496 e. The Bertz CT molecular complexity index is 637. The number of para-hydroxylation sites is 1. The number of ether oxygens (including phenoxy) is 1. The molecular weight excluding hydrogens is 324 g/mol. The molecule has 0 bridgehead atoms. The molecule has 1 aromatic heterocycles. The average molecular weight is 339 g/mol. The van der Waals surface area contributed by atoms with Crippen molar-refractivity contribution in [1.29, 1.82) is 0 Å². The van der Waals surface area contributed by atoms with E-state index in [0.29, 0.717) is 6.42 Å². The highest BCUT2D eigenvalue weighted by Crippen LogP contribution is 2.35. The zero-order valence-corrected chi connectivity index (χ0v) is 12.8. The lowest BCUT2D eigenvalue weighted by Gasteiger charge is -2.05. The first-order valence-corrected chi connectivity index (χ1v) is 6.90. The number of carbonyl (C=O) groups is 1. The number of nitrogens with zero attached hydrogens (tertiary/aromatic N) is 2. The van der Waals surface area contributed by atoms with E-state index in [1.165, 1.54) is 0 Å². The topological polar surface area (TPSA) is 64.4 Å². The molecule has 0 spiro atoms. The molecule has 1 heterocycles. The number of aryl methyl sites for hydroxylation is 1. The lowest BCUT2D eigenvalue weighted by atomic mass is 10.1. The molecule has 0 aliphatic heterocycles. The van der Waals surface area contributed by atoms with Gasteiger partial charge < -0.3 is 9.84 Å². The smallest absolute Gasteiger partial charge is 0.303 e. The van der Waals surface area contributed by atoms with Crippen molar-refractivity contribution in [3.63, 3.8) is 0 Å². The van der Waals surface area contributed by atoms with Crippen LogP contribution in [-0.4, -0.2) is 28.0 Å². The minimum absolute atomic E-state index is 0.0729. The Morgan fingerprint density at radius 3 is 2.80 bits per heavy atom. The summed E-state index contributed by atoms with van der Waals surface area (Å²) in [5, 5.41) is 13.3. The molecule has 0 atom stereocenters. The van der Waals surface area contributed by atoms with Crippen molar-refractivity contribution in [2.24, 2.45) is 7.05 Å². The number of halogens is 1. The first-order valence-electron chi connectivity index (χ1n) is 6.11. The quantitative estimate of drug-likeness (QED) is 0.910. The molecule has 0 unspecified atom stereocenters. The monoisotopic (exact) mass is 338 g/mol. The van der Waals surface area contributed by atoms with Gasteiger partial charge >= 0.3 is 5.97 Å². The Hall–Kier alpha value is -1.82. The van der Waals surface area contributed by atoms with E-state index in [1.54, 1.807) is 18.8 Å². The van der Waals surface area contributed by atoms with Crippen molar-refractivity contribution in [3.8, 4) is 17.0 Å². The predicted octanol–water partition coefficient (Wildman–Crippen LogP) is 2.88. The molecule has 2 rings (SSSR count). The molecule has 5 nitrogen and oxygen atoms in total. The summed E-state index contributed by atoms with van der Waals surface area (Å²) in [6.07, 6.45) is 0.498. The molecule has 2 aromatic rings. The molecule has 0 saturated heterocycles. The van der Waals surface area contributed by atoms with Gasteiger partial charge in [0.1, 0.15) is 11.4 Å². The minimum Gasteiger partial charge on any atom is -0.496 e. The Morgan fingerprint density at radius 2 is 2.15 bits per heavy atom. The third-order valence-electron chi connectivity index (χ3n) is 3.04. The molecule has 0 radical (unpaired) electrons. The summed E-state index contributed by atoms with van der Waals surface area (Å²) in [7, 11) is 3.42. The van der Waals surface area contributed by atoms with Gasteiger partial charge in [-0.2, -0.15) is 5.10 Å². The summed E-state index contributed by atoms with van der Waals surface area (Å²) in [5.74, 6) is -0.0898. The number of benzene rings is 1. The van der Waals surface area contributed by atoms with Crippen LogP contribution in [0.4, 0.5) is 0 Å². The van der Waals surface area contributed by atoms with Crippen LogP contribution >= 0.6 is 15.9 Å². The van der Waals surface area contributed by atoms with Gasteiger partial charge in [-0.1, -0.05) is 12.1 Å². The van der Waals surface area contributed by atoms with Crippen LogP contribution in [0.15, 0.2) is 28.7 Å². The van der Waals surface area contributed by atoms with Crippen LogP contribution in [0.5, 0.6) is 5.75 Å². The molecule has 0 fully saturated rings. The van der Waals surface area contributed by atoms with Crippen molar-refractivity contribution in [3.05, 3.63) is 34.4 Å². The van der Waals surface area contributed by atoms with E-state index in [2.05, 4.69) is 21.0 Å². The lowest BCUT2D eigenvalue weighted by Crippen LogP contribution is -2.03. The third kappa shape index (κ3) is 2.85. The second kappa shape index (κ2) is 6.09. The average Bonchev–Trinajstić information content (AvgIpc) is 2.71. The Labute approximate surface area is 125 Å². The summed E-state index contributed by atoms with van der Waals surface area (Å²) >= 11 is 3.52. The van der Waals surface area contributed by atoms with Crippen LogP contribution in [0.1, 0.15) is 12.1 Å². The highest BCUT2D eigenvalue weighted by atomic mass is 79.9. The van der Waals surface area contributed by atoms with E-state index in [0.717, 1.165) is 27.2 Å². The Kier molecular flexibility index (Phi) is 4.44. The van der Waals surface area contributed by atoms with E-state index in [4.69, 9.17) is 9.84 Å². The highest BCUT2D eigenvalue weighted by molar-refractivity contribution is 9.10. The molecule has 6 heteroatoms. The summed E-state index contributed by atoms with van der Waals surface area (Å²) in [6, 6.07) is 7.60. The van der Waals surface area contributed by atoms with Gasteiger partial charge in [0.25, 0.3) is 0 Å². The fourth-order valence-electron chi connectivity index (χ4n) is 2.04. The van der Waals surface area contributed by atoms with Gasteiger partial charge in [-0.15, -0.1) is 0 Å². The molecule has 1 N–H and O–H groups in total. The molecule has 0 aliphatic carbocycles. The number of hydrogen-bond donors (Lipinski definition) is 1. The fourth-order valence-corrected chi connectivity index (χ4v) is 2.79. The zero-order chi connectivity index (χ0) is 14.7. The summed E-state index contributed by atoms with van der Waals surface area (Å²) in [6.45, 7) is 0. The van der Waals surface area contributed by atoms with Crippen LogP contribution in [0.2, 0.25) is 0 Å². The van der Waals surface area contributed by atoms with Gasteiger partial charge in [-0.25, -0.2) is 0 Å². The highest BCUT2D eigenvalue weighted by Gasteiger charge is 2.18. The number of carboxylic acid groups (broad SMARTS) is 1. The van der Waals surface area contributed by atoms with Gasteiger partial charge in [-0.05, 0) is 28.1 Å². The predicted molar refractivity (Wildman–Crippen MR) is 78.9 cm³/mol. The summed E-state index contributed by atoms with van der Waals surface area (Å²) in [4.78, 5) is 10.7. The van der Waals surface area contributed by atoms with Gasteiger partial charge in [0.2, 0.25) is 0 Å². The maximum atomic E-state index is 10.7. The number of aromatic nitrogens is 2. The second-order valence-corrected chi connectivity index (χ2v) is 5.12. The van der Waals surface area contributed by atoms with E-state index in [9.17, 15) is 4.79 Å². The van der Waals surface area contributed by atoms with E-state index in [-0.39, 0.29) is 6.42 Å². The molecule has 0 saturated carbocycles. The normalized spacial score (nSPS) is 10.6. The Balaban J connectivity index is 2.43. The van der Waals surface area contributed by atoms with Crippen LogP contribution in [0, 0.1) is 0 Å². The number of hydrogen-bond acceptors (Lipinski definition) is 3. The summed E-state index contributed by atoms with van der Waals surface area (Å²) in [5.41, 5.74) is 2.48. The van der Waals surface area contributed by atoms with Crippen LogP contribution in [0.3, 0.4) is 0 Å². The van der Waals surface area contributed by atoms with Crippen molar-refractivity contribution < 1.29 is 14.6 Å².